The summed E-state index contributed by atoms with van der Waals surface area (Å²) < 4.78 is 5.56. The topological polar surface area (TPSA) is 79.3 Å². The lowest BCUT2D eigenvalue weighted by atomic mass is 9.90. The van der Waals surface area contributed by atoms with Gasteiger partial charge in [0.15, 0.2) is 17.6 Å². The molecule has 3 aromatic carbocycles. The Morgan fingerprint density at radius 2 is 1.56 bits per heavy atom. The zero-order valence-electron chi connectivity index (χ0n) is 17.4. The Bertz CT molecular complexity index is 1150. The van der Waals surface area contributed by atoms with E-state index in [1.807, 2.05) is 43.3 Å². The number of amides is 2. The van der Waals surface area contributed by atoms with Gasteiger partial charge in [0.25, 0.3) is 5.91 Å². The van der Waals surface area contributed by atoms with E-state index in [0.717, 1.165) is 5.69 Å². The summed E-state index contributed by atoms with van der Waals surface area (Å²) >= 11 is 0. The number of carbonyl (C=O) groups is 2. The first-order valence-electron chi connectivity index (χ1n) is 10.5. The summed E-state index contributed by atoms with van der Waals surface area (Å²) in [5, 5.41) is 11.8. The summed E-state index contributed by atoms with van der Waals surface area (Å²) in [6, 6.07) is 22.6. The van der Waals surface area contributed by atoms with Crippen LogP contribution in [0.15, 0.2) is 78.9 Å². The maximum atomic E-state index is 13.6. The van der Waals surface area contributed by atoms with Gasteiger partial charge in [-0.15, -0.1) is 0 Å². The summed E-state index contributed by atoms with van der Waals surface area (Å²) in [5.41, 5.74) is 1.95. The van der Waals surface area contributed by atoms with Gasteiger partial charge in [-0.25, -0.2) is 9.96 Å². The smallest absolute Gasteiger partial charge is 0.266 e. The average Bonchev–Trinajstić information content (AvgIpc) is 3.33. The molecule has 3 atom stereocenters. The van der Waals surface area contributed by atoms with E-state index in [2.05, 4.69) is 0 Å². The number of phenols is 1. The molecule has 2 saturated heterocycles. The molecular formula is C25H22N2O5. The lowest BCUT2D eigenvalue weighted by molar-refractivity contribution is -0.126. The van der Waals surface area contributed by atoms with Crippen molar-refractivity contribution in [3.05, 3.63) is 84.4 Å². The van der Waals surface area contributed by atoms with Gasteiger partial charge in [-0.2, -0.15) is 0 Å². The fourth-order valence-electron chi connectivity index (χ4n) is 4.37. The van der Waals surface area contributed by atoms with Gasteiger partial charge >= 0.3 is 0 Å². The van der Waals surface area contributed by atoms with Crippen molar-refractivity contribution in [3.8, 4) is 11.5 Å². The summed E-state index contributed by atoms with van der Waals surface area (Å²) in [7, 11) is 0. The zero-order valence-corrected chi connectivity index (χ0v) is 17.4. The van der Waals surface area contributed by atoms with Crippen molar-refractivity contribution < 1.29 is 24.3 Å². The lowest BCUT2D eigenvalue weighted by Gasteiger charge is -2.29. The van der Waals surface area contributed by atoms with Gasteiger partial charge in [-0.05, 0) is 48.9 Å². The van der Waals surface area contributed by atoms with Crippen LogP contribution < -0.4 is 14.7 Å². The van der Waals surface area contributed by atoms with Crippen LogP contribution in [0.1, 0.15) is 18.5 Å². The van der Waals surface area contributed by atoms with Crippen LogP contribution >= 0.6 is 0 Å². The first-order chi connectivity index (χ1) is 15.6. The molecule has 2 aliphatic heterocycles. The molecule has 0 spiro atoms. The number of carbonyl (C=O) groups excluding carboxylic acids is 2. The number of anilines is 2. The minimum Gasteiger partial charge on any atom is -0.504 e. The standard InChI is InChI=1S/C25H22N2O5/c1-2-31-20-15-16(13-14-19(20)28)22-21-23(32-27(22)18-11-7-4-8-12-18)25(30)26(24(21)29)17-9-5-3-6-10-17/h3-15,21-23,28H,2H2,1H3/t21-,22+,23+/m1/s1. The zero-order chi connectivity index (χ0) is 22.2. The van der Waals surface area contributed by atoms with E-state index in [9.17, 15) is 14.7 Å². The van der Waals surface area contributed by atoms with E-state index < -0.39 is 24.0 Å². The minimum atomic E-state index is -0.947. The number of rotatable bonds is 5. The van der Waals surface area contributed by atoms with Crippen molar-refractivity contribution in [3.63, 3.8) is 0 Å². The molecule has 0 radical (unpaired) electrons. The van der Waals surface area contributed by atoms with Crippen LogP contribution in [-0.2, 0) is 14.4 Å². The molecule has 0 saturated carbocycles. The fraction of sp³-hybridized carbons (Fsp3) is 0.200. The molecule has 2 fully saturated rings. The Balaban J connectivity index is 1.60. The highest BCUT2D eigenvalue weighted by Crippen LogP contribution is 2.48. The molecule has 1 N–H and O–H groups in total. The quantitative estimate of drug-likeness (QED) is 0.620. The van der Waals surface area contributed by atoms with E-state index in [1.165, 1.54) is 11.0 Å². The summed E-state index contributed by atoms with van der Waals surface area (Å²) in [4.78, 5) is 34.1. The van der Waals surface area contributed by atoms with Crippen LogP contribution in [0.3, 0.4) is 0 Å². The molecule has 7 heteroatoms. The second-order valence-corrected chi connectivity index (χ2v) is 7.67. The largest absolute Gasteiger partial charge is 0.504 e. The van der Waals surface area contributed by atoms with E-state index in [0.29, 0.717) is 23.6 Å². The normalized spacial score (nSPS) is 22.3. The van der Waals surface area contributed by atoms with Gasteiger partial charge in [-0.3, -0.25) is 14.4 Å². The number of hydrogen-bond donors (Lipinski definition) is 1. The number of fused-ring (bicyclic) bond motifs is 1. The third kappa shape index (κ3) is 3.18. The van der Waals surface area contributed by atoms with Crippen molar-refractivity contribution >= 4 is 23.2 Å². The van der Waals surface area contributed by atoms with Crippen LogP contribution in [0.4, 0.5) is 11.4 Å². The van der Waals surface area contributed by atoms with Crippen LogP contribution in [0, 0.1) is 5.92 Å². The van der Waals surface area contributed by atoms with E-state index >= 15 is 0 Å². The maximum absolute atomic E-state index is 13.6. The molecule has 0 bridgehead atoms. The predicted octanol–water partition coefficient (Wildman–Crippen LogP) is 3.84. The molecule has 0 aliphatic carbocycles. The number of imide groups is 1. The molecule has 2 amide bonds. The van der Waals surface area contributed by atoms with E-state index in [4.69, 9.17) is 9.57 Å². The highest BCUT2D eigenvalue weighted by molar-refractivity contribution is 6.23. The number of para-hydroxylation sites is 2. The minimum absolute atomic E-state index is 0.0112. The first kappa shape index (κ1) is 20.1. The number of hydroxylamine groups is 1. The number of nitrogens with zero attached hydrogens (tertiary/aromatic N) is 2. The third-order valence-corrected chi connectivity index (χ3v) is 5.77. The monoisotopic (exact) mass is 430 g/mol. The third-order valence-electron chi connectivity index (χ3n) is 5.77. The van der Waals surface area contributed by atoms with Crippen LogP contribution in [0.25, 0.3) is 0 Å². The van der Waals surface area contributed by atoms with Crippen molar-refractivity contribution in [2.24, 2.45) is 5.92 Å². The second-order valence-electron chi connectivity index (χ2n) is 7.67. The van der Waals surface area contributed by atoms with Crippen molar-refractivity contribution in [1.29, 1.82) is 0 Å². The molecule has 2 heterocycles. The molecule has 2 aliphatic rings. The molecule has 0 unspecified atom stereocenters. The van der Waals surface area contributed by atoms with Gasteiger partial charge in [0.2, 0.25) is 5.91 Å². The maximum Gasteiger partial charge on any atom is 0.266 e. The fourth-order valence-corrected chi connectivity index (χ4v) is 4.37. The van der Waals surface area contributed by atoms with Gasteiger partial charge in [0.1, 0.15) is 5.92 Å². The number of ether oxygens (including phenoxy) is 1. The Kier molecular flexibility index (Phi) is 5.03. The number of aromatic hydroxyl groups is 1. The molecule has 0 aromatic heterocycles. The highest BCUT2D eigenvalue weighted by Gasteiger charge is 2.60. The van der Waals surface area contributed by atoms with Gasteiger partial charge in [0, 0.05) is 0 Å². The van der Waals surface area contributed by atoms with Crippen LogP contribution in [0.5, 0.6) is 11.5 Å². The molecule has 3 aromatic rings. The number of phenolic OH excluding ortho intramolecular Hbond substituents is 1. The molecular weight excluding hydrogens is 408 g/mol. The average molecular weight is 430 g/mol. The SMILES string of the molecule is CCOc1cc([C@H]2[C@H]3C(=O)N(c4ccccc4)C(=O)[C@H]3ON2c2ccccc2)ccc1O. The molecule has 7 nitrogen and oxygen atoms in total. The Morgan fingerprint density at radius 3 is 2.22 bits per heavy atom. The number of hydrogen-bond acceptors (Lipinski definition) is 6. The predicted molar refractivity (Wildman–Crippen MR) is 118 cm³/mol. The Morgan fingerprint density at radius 1 is 0.906 bits per heavy atom. The second kappa shape index (κ2) is 8.01. The Hall–Kier alpha value is -3.84. The lowest BCUT2D eigenvalue weighted by Crippen LogP contribution is -2.37. The van der Waals surface area contributed by atoms with E-state index in [1.54, 1.807) is 41.5 Å². The summed E-state index contributed by atoms with van der Waals surface area (Å²) in [6.07, 6.45) is -0.947. The summed E-state index contributed by atoms with van der Waals surface area (Å²) in [6.45, 7) is 2.21. The van der Waals surface area contributed by atoms with Crippen molar-refractivity contribution in [2.75, 3.05) is 16.6 Å². The number of benzene rings is 3. The summed E-state index contributed by atoms with van der Waals surface area (Å²) in [5.74, 6) is -1.13. The Labute approximate surface area is 185 Å². The van der Waals surface area contributed by atoms with Gasteiger partial charge < -0.3 is 9.84 Å². The van der Waals surface area contributed by atoms with Crippen LogP contribution in [-0.4, -0.2) is 29.6 Å². The van der Waals surface area contributed by atoms with Gasteiger partial charge in [0.05, 0.1) is 24.0 Å². The highest BCUT2D eigenvalue weighted by atomic mass is 16.7. The first-order valence-corrected chi connectivity index (χ1v) is 10.5. The molecule has 5 rings (SSSR count). The van der Waals surface area contributed by atoms with Crippen molar-refractivity contribution in [1.82, 2.24) is 0 Å². The molecule has 32 heavy (non-hydrogen) atoms. The van der Waals surface area contributed by atoms with Crippen molar-refractivity contribution in [2.45, 2.75) is 19.1 Å². The van der Waals surface area contributed by atoms with E-state index in [-0.39, 0.29) is 11.7 Å². The molecule has 162 valence electrons. The van der Waals surface area contributed by atoms with Gasteiger partial charge in [-0.1, -0.05) is 42.5 Å². The van der Waals surface area contributed by atoms with Crippen LogP contribution in [0.2, 0.25) is 0 Å².